The summed E-state index contributed by atoms with van der Waals surface area (Å²) in [5.74, 6) is -0.363. The highest BCUT2D eigenvalue weighted by Gasteiger charge is 2.22. The maximum Gasteiger partial charge on any atom is 0.310 e. The number of hydrogen-bond acceptors (Lipinski definition) is 4. The van der Waals surface area contributed by atoms with Gasteiger partial charge in [0.05, 0.1) is 20.6 Å². The molecule has 0 radical (unpaired) electrons. The number of rotatable bonds is 4. The lowest BCUT2D eigenvalue weighted by molar-refractivity contribution is -0.139. The third-order valence-corrected chi connectivity index (χ3v) is 2.30. The molecule has 0 aliphatic rings. The van der Waals surface area contributed by atoms with Crippen LogP contribution in [0.4, 0.5) is 8.78 Å². The van der Waals surface area contributed by atoms with Gasteiger partial charge in [0.1, 0.15) is 11.4 Å². The van der Waals surface area contributed by atoms with Crippen molar-refractivity contribution in [2.45, 2.75) is 19.8 Å². The van der Waals surface area contributed by atoms with Gasteiger partial charge in [-0.3, -0.25) is 9.78 Å². The first-order valence-corrected chi connectivity index (χ1v) is 4.88. The predicted molar refractivity (Wildman–Crippen MR) is 56.2 cm³/mol. The number of carbonyl (C=O) groups is 1. The molecule has 0 fully saturated rings. The highest BCUT2D eigenvalue weighted by molar-refractivity contribution is 5.74. The van der Waals surface area contributed by atoms with Gasteiger partial charge in [-0.1, -0.05) is 0 Å². The molecule has 1 aromatic heterocycles. The van der Waals surface area contributed by atoms with E-state index in [1.807, 2.05) is 0 Å². The number of alkyl halides is 2. The fourth-order valence-corrected chi connectivity index (χ4v) is 1.52. The van der Waals surface area contributed by atoms with Crippen molar-refractivity contribution in [3.63, 3.8) is 0 Å². The molecule has 17 heavy (non-hydrogen) atoms. The van der Waals surface area contributed by atoms with Gasteiger partial charge >= 0.3 is 5.97 Å². The van der Waals surface area contributed by atoms with E-state index >= 15 is 0 Å². The summed E-state index contributed by atoms with van der Waals surface area (Å²) in [7, 11) is 2.55. The lowest BCUT2D eigenvalue weighted by atomic mass is 10.1. The van der Waals surface area contributed by atoms with Crippen LogP contribution in [0.1, 0.15) is 23.2 Å². The molecule has 0 bridgehead atoms. The van der Waals surface area contributed by atoms with E-state index in [1.165, 1.54) is 20.4 Å². The molecule has 6 heteroatoms. The van der Waals surface area contributed by atoms with E-state index in [4.69, 9.17) is 4.74 Å². The number of ether oxygens (including phenoxy) is 2. The quantitative estimate of drug-likeness (QED) is 0.762. The van der Waals surface area contributed by atoms with Crippen molar-refractivity contribution in [1.29, 1.82) is 0 Å². The zero-order chi connectivity index (χ0) is 13.0. The number of aryl methyl sites for hydroxylation is 1. The Kier molecular flexibility index (Phi) is 4.37. The van der Waals surface area contributed by atoms with Crippen molar-refractivity contribution in [2.75, 3.05) is 14.2 Å². The van der Waals surface area contributed by atoms with E-state index < -0.39 is 18.1 Å². The van der Waals surface area contributed by atoms with E-state index in [2.05, 4.69) is 9.72 Å². The van der Waals surface area contributed by atoms with Gasteiger partial charge in [-0.25, -0.2) is 8.78 Å². The average Bonchev–Trinajstić information content (AvgIpc) is 2.28. The third kappa shape index (κ3) is 2.89. The number of pyridine rings is 1. The fourth-order valence-electron chi connectivity index (χ4n) is 1.52. The monoisotopic (exact) mass is 245 g/mol. The normalized spacial score (nSPS) is 10.5. The van der Waals surface area contributed by atoms with Gasteiger partial charge in [0.15, 0.2) is 0 Å². The predicted octanol–water partition coefficient (Wildman–Crippen LogP) is 2.05. The Morgan fingerprint density at radius 2 is 2.12 bits per heavy atom. The summed E-state index contributed by atoms with van der Waals surface area (Å²) in [6, 6.07) is 0. The van der Waals surface area contributed by atoms with E-state index in [-0.39, 0.29) is 17.7 Å². The first-order chi connectivity index (χ1) is 8.01. The second-order valence-corrected chi connectivity index (χ2v) is 3.39. The van der Waals surface area contributed by atoms with Crippen molar-refractivity contribution >= 4 is 5.97 Å². The Balaban J connectivity index is 3.28. The van der Waals surface area contributed by atoms with Crippen LogP contribution in [0.15, 0.2) is 6.20 Å². The Hall–Kier alpha value is -1.72. The molecule has 0 saturated carbocycles. The number of carbonyl (C=O) groups excluding carboxylic acids is 1. The lowest BCUT2D eigenvalue weighted by Crippen LogP contribution is -2.11. The summed E-state index contributed by atoms with van der Waals surface area (Å²) in [5, 5.41) is 0. The summed E-state index contributed by atoms with van der Waals surface area (Å²) < 4.78 is 35.0. The largest absolute Gasteiger partial charge is 0.496 e. The maximum atomic E-state index is 12.8. The Bertz CT molecular complexity index is 421. The molecule has 0 spiro atoms. The minimum absolute atomic E-state index is 0.0781. The Labute approximate surface area is 97.6 Å². The van der Waals surface area contributed by atoms with Crippen molar-refractivity contribution in [2.24, 2.45) is 0 Å². The van der Waals surface area contributed by atoms with Gasteiger partial charge < -0.3 is 9.47 Å². The lowest BCUT2D eigenvalue weighted by Gasteiger charge is -2.14. The van der Waals surface area contributed by atoms with Crippen LogP contribution in [0.25, 0.3) is 0 Å². The fraction of sp³-hybridized carbons (Fsp3) is 0.455. The van der Waals surface area contributed by atoms with Crippen LogP contribution in [0, 0.1) is 6.92 Å². The molecule has 0 aliphatic carbocycles. The Morgan fingerprint density at radius 3 is 2.59 bits per heavy atom. The number of esters is 1. The van der Waals surface area contributed by atoms with Gasteiger partial charge in [-0.15, -0.1) is 0 Å². The number of halogens is 2. The smallest absolute Gasteiger partial charge is 0.310 e. The first-order valence-electron chi connectivity index (χ1n) is 4.88. The number of methoxy groups -OCH3 is 2. The highest BCUT2D eigenvalue weighted by Crippen LogP contribution is 2.31. The van der Waals surface area contributed by atoms with Crippen LogP contribution in [0.2, 0.25) is 0 Å². The summed E-state index contributed by atoms with van der Waals surface area (Å²) in [4.78, 5) is 14.8. The summed E-state index contributed by atoms with van der Waals surface area (Å²) in [5.41, 5.74) is 0.225. The molecule has 1 aromatic rings. The van der Waals surface area contributed by atoms with Crippen LogP contribution in [-0.2, 0) is 16.0 Å². The van der Waals surface area contributed by atoms with Crippen LogP contribution < -0.4 is 4.74 Å². The second kappa shape index (κ2) is 5.56. The molecule has 0 unspecified atom stereocenters. The highest BCUT2D eigenvalue weighted by atomic mass is 19.3. The molecule has 1 heterocycles. The zero-order valence-corrected chi connectivity index (χ0v) is 9.79. The van der Waals surface area contributed by atoms with Crippen LogP contribution in [0.3, 0.4) is 0 Å². The molecule has 0 N–H and O–H groups in total. The number of nitrogens with zero attached hydrogens (tertiary/aromatic N) is 1. The molecule has 94 valence electrons. The molecule has 4 nitrogen and oxygen atoms in total. The molecule has 0 aliphatic heterocycles. The second-order valence-electron chi connectivity index (χ2n) is 3.39. The molecule has 0 atom stereocenters. The third-order valence-electron chi connectivity index (χ3n) is 2.30. The van der Waals surface area contributed by atoms with E-state index in [9.17, 15) is 13.6 Å². The van der Waals surface area contributed by atoms with E-state index in [0.717, 1.165) is 0 Å². The molecule has 0 aromatic carbocycles. The summed E-state index contributed by atoms with van der Waals surface area (Å²) >= 11 is 0. The standard InChI is InChI=1S/C11H13F2NO3/c1-6-5-14-9(11(12)13)7(10(6)17-3)4-8(15)16-2/h5,11H,4H2,1-3H3. The minimum atomic E-state index is -2.76. The Morgan fingerprint density at radius 1 is 1.47 bits per heavy atom. The number of hydrogen-bond donors (Lipinski definition) is 0. The van der Waals surface area contributed by atoms with Crippen LogP contribution in [0.5, 0.6) is 5.75 Å². The SMILES string of the molecule is COC(=O)Cc1c(C(F)F)ncc(C)c1OC. The summed E-state index contributed by atoms with van der Waals surface area (Å²) in [6.07, 6.45) is -1.75. The average molecular weight is 245 g/mol. The molecular formula is C11H13F2NO3. The summed E-state index contributed by atoms with van der Waals surface area (Å²) in [6.45, 7) is 1.67. The van der Waals surface area contributed by atoms with Crippen molar-refractivity contribution in [3.8, 4) is 5.75 Å². The molecule has 0 amide bonds. The van der Waals surface area contributed by atoms with Crippen LogP contribution >= 0.6 is 0 Å². The van der Waals surface area contributed by atoms with Gasteiger partial charge in [0.25, 0.3) is 6.43 Å². The maximum absolute atomic E-state index is 12.8. The minimum Gasteiger partial charge on any atom is -0.496 e. The zero-order valence-electron chi connectivity index (χ0n) is 9.79. The van der Waals surface area contributed by atoms with Crippen molar-refractivity contribution in [1.82, 2.24) is 4.98 Å². The van der Waals surface area contributed by atoms with Gasteiger partial charge in [-0.2, -0.15) is 0 Å². The first kappa shape index (κ1) is 13.3. The van der Waals surface area contributed by atoms with Crippen molar-refractivity contribution in [3.05, 3.63) is 23.0 Å². The van der Waals surface area contributed by atoms with Gasteiger partial charge in [-0.05, 0) is 6.92 Å². The molecule has 1 rings (SSSR count). The molecular weight excluding hydrogens is 232 g/mol. The molecule has 0 saturated heterocycles. The van der Waals surface area contributed by atoms with E-state index in [0.29, 0.717) is 5.56 Å². The van der Waals surface area contributed by atoms with Crippen molar-refractivity contribution < 1.29 is 23.0 Å². The van der Waals surface area contributed by atoms with Gasteiger partial charge in [0, 0.05) is 17.3 Å². The van der Waals surface area contributed by atoms with Crippen LogP contribution in [-0.4, -0.2) is 25.2 Å². The van der Waals surface area contributed by atoms with E-state index in [1.54, 1.807) is 6.92 Å². The topological polar surface area (TPSA) is 48.4 Å². The van der Waals surface area contributed by atoms with Gasteiger partial charge in [0.2, 0.25) is 0 Å². The number of aromatic nitrogens is 1.